The van der Waals surface area contributed by atoms with Gasteiger partial charge in [-0.15, -0.1) is 0 Å². The van der Waals surface area contributed by atoms with Crippen LogP contribution < -0.4 is 0 Å². The first kappa shape index (κ1) is 10.4. The fourth-order valence-corrected chi connectivity index (χ4v) is 2.68. The zero-order valence-corrected chi connectivity index (χ0v) is 9.72. The van der Waals surface area contributed by atoms with Crippen molar-refractivity contribution in [3.05, 3.63) is 63.3 Å². The number of nitrogens with zero attached hydrogens (tertiary/aromatic N) is 1. The number of nitro groups is 1. The third-order valence-electron chi connectivity index (χ3n) is 3.06. The monoisotopic (exact) mass is 243 g/mol. The molecule has 0 aromatic heterocycles. The van der Waals surface area contributed by atoms with Crippen molar-refractivity contribution in [2.45, 2.75) is 5.25 Å². The second-order valence-electron chi connectivity index (χ2n) is 4.02. The first-order valence-corrected chi connectivity index (χ1v) is 5.76. The summed E-state index contributed by atoms with van der Waals surface area (Å²) in [6.45, 7) is 0. The molecule has 1 atom stereocenters. The molecule has 1 aliphatic rings. The van der Waals surface area contributed by atoms with Gasteiger partial charge in [0.2, 0.25) is 0 Å². The fraction of sp³-hybridized carbons (Fsp3) is 0.0769. The largest absolute Gasteiger partial charge is 0.263 e. The van der Waals surface area contributed by atoms with Crippen molar-refractivity contribution in [2.75, 3.05) is 0 Å². The molecule has 0 aliphatic heterocycles. The summed E-state index contributed by atoms with van der Waals surface area (Å²) in [5.74, 6) is 0. The van der Waals surface area contributed by atoms with Gasteiger partial charge in [0.25, 0.3) is 5.70 Å². The van der Waals surface area contributed by atoms with Crippen molar-refractivity contribution in [1.82, 2.24) is 0 Å². The number of benzene rings is 2. The summed E-state index contributed by atoms with van der Waals surface area (Å²) in [4.78, 5) is 10.6. The van der Waals surface area contributed by atoms with E-state index in [4.69, 9.17) is 0 Å². The summed E-state index contributed by atoms with van der Waals surface area (Å²) in [5, 5.41) is 12.7. The normalized spacial score (nSPS) is 17.9. The van der Waals surface area contributed by atoms with Gasteiger partial charge in [-0.1, -0.05) is 36.4 Å². The number of hydrogen-bond donors (Lipinski definition) is 1. The third-order valence-corrected chi connectivity index (χ3v) is 3.60. The molecule has 84 valence electrons. The molecule has 0 heterocycles. The van der Waals surface area contributed by atoms with Gasteiger partial charge in [0.15, 0.2) is 0 Å². The lowest BCUT2D eigenvalue weighted by molar-refractivity contribution is -0.425. The molecule has 0 N–H and O–H groups in total. The maximum atomic E-state index is 11.0. The third kappa shape index (κ3) is 1.45. The van der Waals surface area contributed by atoms with Gasteiger partial charge >= 0.3 is 0 Å². The Balaban J connectivity index is 2.40. The molecule has 0 saturated heterocycles. The Morgan fingerprint density at radius 1 is 1.18 bits per heavy atom. The molecule has 3 nitrogen and oxygen atoms in total. The van der Waals surface area contributed by atoms with Crippen LogP contribution >= 0.6 is 12.6 Å². The predicted molar refractivity (Wildman–Crippen MR) is 70.6 cm³/mol. The highest BCUT2D eigenvalue weighted by molar-refractivity contribution is 7.80. The van der Waals surface area contributed by atoms with Crippen LogP contribution in [0.2, 0.25) is 0 Å². The number of hydrogen-bond acceptors (Lipinski definition) is 3. The second kappa shape index (κ2) is 3.60. The lowest BCUT2D eigenvalue weighted by Gasteiger charge is -2.18. The average molecular weight is 243 g/mol. The number of thiol groups is 1. The van der Waals surface area contributed by atoms with E-state index >= 15 is 0 Å². The molecule has 0 spiro atoms. The predicted octanol–water partition coefficient (Wildman–Crippen LogP) is 3.44. The molecule has 0 bridgehead atoms. The van der Waals surface area contributed by atoms with Crippen LogP contribution in [0.5, 0.6) is 0 Å². The standard InChI is InChI=1S/C13H9NO2S/c15-14(16)11-7-9-5-1-3-8-4-2-6-10(12(8)9)13(11)17/h1-7,13,17H. The molecule has 0 saturated carbocycles. The van der Waals surface area contributed by atoms with Crippen molar-refractivity contribution in [3.63, 3.8) is 0 Å². The van der Waals surface area contributed by atoms with E-state index in [1.165, 1.54) is 0 Å². The van der Waals surface area contributed by atoms with Gasteiger partial charge in [-0.05, 0) is 21.9 Å². The first-order chi connectivity index (χ1) is 8.18. The molecule has 1 aliphatic carbocycles. The second-order valence-corrected chi connectivity index (χ2v) is 4.54. The highest BCUT2D eigenvalue weighted by atomic mass is 32.1. The zero-order chi connectivity index (χ0) is 12.0. The minimum Gasteiger partial charge on any atom is -0.259 e. The molecule has 0 fully saturated rings. The highest BCUT2D eigenvalue weighted by Crippen LogP contribution is 2.40. The summed E-state index contributed by atoms with van der Waals surface area (Å²) in [6.07, 6.45) is 1.62. The van der Waals surface area contributed by atoms with Crippen LogP contribution in [0.15, 0.2) is 42.1 Å². The van der Waals surface area contributed by atoms with Gasteiger partial charge in [0.1, 0.15) is 5.25 Å². The van der Waals surface area contributed by atoms with Crippen LogP contribution in [0, 0.1) is 10.1 Å². The van der Waals surface area contributed by atoms with E-state index in [1.807, 2.05) is 36.4 Å². The molecular formula is C13H9NO2S. The molecule has 4 heteroatoms. The van der Waals surface area contributed by atoms with Gasteiger partial charge in [0.05, 0.1) is 4.92 Å². The topological polar surface area (TPSA) is 43.1 Å². The summed E-state index contributed by atoms with van der Waals surface area (Å²) < 4.78 is 0. The van der Waals surface area contributed by atoms with Crippen molar-refractivity contribution in [3.8, 4) is 0 Å². The van der Waals surface area contributed by atoms with Gasteiger partial charge in [-0.25, -0.2) is 0 Å². The Morgan fingerprint density at radius 3 is 2.59 bits per heavy atom. The smallest absolute Gasteiger partial charge is 0.259 e. The summed E-state index contributed by atoms with van der Waals surface area (Å²) >= 11 is 4.36. The van der Waals surface area contributed by atoms with E-state index in [0.717, 1.165) is 21.9 Å². The summed E-state index contributed by atoms with van der Waals surface area (Å²) in [7, 11) is 0. The molecule has 3 rings (SSSR count). The van der Waals surface area contributed by atoms with Crippen LogP contribution in [-0.4, -0.2) is 4.92 Å². The van der Waals surface area contributed by atoms with E-state index in [2.05, 4.69) is 12.6 Å². The van der Waals surface area contributed by atoms with E-state index in [9.17, 15) is 10.1 Å². The minimum atomic E-state index is -0.455. The van der Waals surface area contributed by atoms with Gasteiger partial charge in [-0.2, -0.15) is 12.6 Å². The molecule has 2 aromatic carbocycles. The van der Waals surface area contributed by atoms with Crippen LogP contribution in [0.4, 0.5) is 0 Å². The van der Waals surface area contributed by atoms with Crippen molar-refractivity contribution in [2.24, 2.45) is 0 Å². The van der Waals surface area contributed by atoms with Gasteiger partial charge in [-0.3, -0.25) is 10.1 Å². The van der Waals surface area contributed by atoms with Crippen LogP contribution in [-0.2, 0) is 0 Å². The lowest BCUT2D eigenvalue weighted by Crippen LogP contribution is -2.09. The van der Waals surface area contributed by atoms with Gasteiger partial charge < -0.3 is 0 Å². The molecular weight excluding hydrogens is 234 g/mol. The Hall–Kier alpha value is -1.81. The van der Waals surface area contributed by atoms with E-state index < -0.39 is 5.25 Å². The Morgan fingerprint density at radius 2 is 1.88 bits per heavy atom. The highest BCUT2D eigenvalue weighted by Gasteiger charge is 2.29. The minimum absolute atomic E-state index is 0.138. The van der Waals surface area contributed by atoms with E-state index in [-0.39, 0.29) is 10.6 Å². The Kier molecular flexibility index (Phi) is 2.19. The molecule has 17 heavy (non-hydrogen) atoms. The molecule has 2 aromatic rings. The average Bonchev–Trinajstić information content (AvgIpc) is 2.33. The Bertz CT molecular complexity index is 658. The SMILES string of the molecule is O=[N+]([O-])C1=Cc2cccc3cccc(c23)C1S. The molecule has 0 amide bonds. The number of rotatable bonds is 1. The van der Waals surface area contributed by atoms with Crippen LogP contribution in [0.3, 0.4) is 0 Å². The van der Waals surface area contributed by atoms with Crippen molar-refractivity contribution < 1.29 is 4.92 Å². The van der Waals surface area contributed by atoms with E-state index in [1.54, 1.807) is 6.08 Å². The fourth-order valence-electron chi connectivity index (χ4n) is 2.30. The van der Waals surface area contributed by atoms with Crippen LogP contribution in [0.25, 0.3) is 16.8 Å². The van der Waals surface area contributed by atoms with Crippen molar-refractivity contribution in [1.29, 1.82) is 0 Å². The first-order valence-electron chi connectivity index (χ1n) is 5.24. The van der Waals surface area contributed by atoms with Crippen molar-refractivity contribution >= 4 is 29.5 Å². The summed E-state index contributed by atoms with van der Waals surface area (Å²) in [5.41, 5.74) is 1.95. The Labute approximate surface area is 103 Å². The van der Waals surface area contributed by atoms with Crippen LogP contribution in [0.1, 0.15) is 16.4 Å². The molecule has 0 radical (unpaired) electrons. The maximum absolute atomic E-state index is 11.0. The summed E-state index contributed by atoms with van der Waals surface area (Å²) in [6, 6.07) is 11.6. The van der Waals surface area contributed by atoms with Gasteiger partial charge in [0, 0.05) is 6.08 Å². The zero-order valence-electron chi connectivity index (χ0n) is 8.83. The quantitative estimate of drug-likeness (QED) is 0.473. The maximum Gasteiger partial charge on any atom is 0.263 e. The lowest BCUT2D eigenvalue weighted by atomic mass is 9.91. The van der Waals surface area contributed by atoms with E-state index in [0.29, 0.717) is 0 Å². The molecule has 1 unspecified atom stereocenters.